The third-order valence-corrected chi connectivity index (χ3v) is 1.00. The molecule has 0 spiro atoms. The number of phenolic OH excluding ortho intramolecular Hbond substituents is 1. The molecule has 0 saturated heterocycles. The van der Waals surface area contributed by atoms with E-state index in [0.717, 1.165) is 5.56 Å². The Morgan fingerprint density at radius 3 is 2.33 bits per heavy atom. The van der Waals surface area contributed by atoms with Crippen LogP contribution in [0.15, 0.2) is 24.3 Å². The number of hydrogen-bond donors (Lipinski definition) is 1. The molecule has 0 unspecified atom stereocenters. The number of benzene rings is 1. The molecule has 0 saturated carbocycles. The molecule has 1 N–H and O–H groups in total. The molecule has 0 heterocycles. The van der Waals surface area contributed by atoms with E-state index in [0.29, 0.717) is 5.75 Å². The van der Waals surface area contributed by atoms with Gasteiger partial charge in [-0.05, 0) is 24.6 Å². The van der Waals surface area contributed by atoms with E-state index in [4.69, 9.17) is 5.11 Å². The van der Waals surface area contributed by atoms with E-state index in [9.17, 15) is 0 Å². The fourth-order valence-electron chi connectivity index (χ4n) is 0.628. The Balaban J connectivity index is 0.000000640. The van der Waals surface area contributed by atoms with Gasteiger partial charge in [0.1, 0.15) is 5.75 Å². The van der Waals surface area contributed by atoms with Crippen LogP contribution in [0.1, 0.15) is 5.56 Å². The van der Waals surface area contributed by atoms with Gasteiger partial charge in [-0.1, -0.05) is 12.1 Å². The Labute approximate surface area is 73.8 Å². The van der Waals surface area contributed by atoms with Crippen LogP contribution >= 0.6 is 0 Å². The van der Waals surface area contributed by atoms with Gasteiger partial charge in [0, 0.05) is 0 Å². The van der Waals surface area contributed by atoms with Gasteiger partial charge in [0.05, 0.1) is 0 Å². The first-order chi connectivity index (χ1) is 3.79. The molecule has 0 fully saturated rings. The molecule has 0 atom stereocenters. The summed E-state index contributed by atoms with van der Waals surface area (Å²) < 4.78 is 0. The van der Waals surface area contributed by atoms with E-state index in [1.54, 1.807) is 12.1 Å². The van der Waals surface area contributed by atoms with E-state index < -0.39 is 0 Å². The fraction of sp³-hybridized carbons (Fsp3) is 0.143. The minimum atomic E-state index is 0. The molecule has 0 aliphatic heterocycles. The van der Waals surface area contributed by atoms with Crippen molar-refractivity contribution in [1.82, 2.24) is 0 Å². The molecule has 1 rings (SSSR count). The zero-order valence-corrected chi connectivity index (χ0v) is 11.0. The van der Waals surface area contributed by atoms with Gasteiger partial charge in [-0.2, -0.15) is 0 Å². The predicted octanol–water partition coefficient (Wildman–Crippen LogP) is 0.517. The normalized spacial score (nSPS) is 8.11. The van der Waals surface area contributed by atoms with Crippen LogP contribution in [0.2, 0.25) is 0 Å². The average molecular weight is 320 g/mol. The summed E-state index contributed by atoms with van der Waals surface area (Å²) in [5, 5.41) is 8.81. The summed E-state index contributed by atoms with van der Waals surface area (Å²) in [6.07, 6.45) is 0. The molecule has 1 nitrogen and oxygen atoms in total. The van der Waals surface area contributed by atoms with Crippen molar-refractivity contribution in [3.05, 3.63) is 29.8 Å². The van der Waals surface area contributed by atoms with Gasteiger partial charge in [0.25, 0.3) is 0 Å². The summed E-state index contributed by atoms with van der Waals surface area (Å²) in [6.45, 7) is 1.94. The first kappa shape index (κ1) is 8.90. The number of rotatable bonds is 0. The second-order valence-corrected chi connectivity index (χ2v) is 1.84. The summed E-state index contributed by atoms with van der Waals surface area (Å²) in [5.74, 6) is 0.338. The van der Waals surface area contributed by atoms with Crippen LogP contribution in [-0.2, 0) is 0 Å². The maximum absolute atomic E-state index is 8.81. The fourth-order valence-corrected chi connectivity index (χ4v) is 0.628. The molecule has 1 aromatic rings. The van der Waals surface area contributed by atoms with Crippen molar-refractivity contribution in [1.29, 1.82) is 0 Å². The first-order valence-corrected chi connectivity index (χ1v) is 2.54. The summed E-state index contributed by atoms with van der Waals surface area (Å²) in [5.41, 5.74) is 1.09. The Morgan fingerprint density at radius 1 is 1.33 bits per heavy atom. The zero-order chi connectivity index (χ0) is 5.98. The van der Waals surface area contributed by atoms with E-state index in [2.05, 4.69) is 0 Å². The predicted molar refractivity (Wildman–Crippen MR) is 42.8 cm³/mol. The number of aromatic hydroxyl groups is 1. The molecular formula is C7H11BiO. The Bertz CT molecular complexity index is 169. The molecule has 0 aliphatic rings. The van der Waals surface area contributed by atoms with Gasteiger partial charge >= 0.3 is 26.2 Å². The monoisotopic (exact) mass is 320 g/mol. The number of phenols is 1. The van der Waals surface area contributed by atoms with Gasteiger partial charge in [-0.15, -0.1) is 0 Å². The van der Waals surface area contributed by atoms with Crippen molar-refractivity contribution < 1.29 is 5.11 Å². The van der Waals surface area contributed by atoms with Gasteiger partial charge < -0.3 is 5.11 Å². The first-order valence-electron chi connectivity index (χ1n) is 2.54. The van der Waals surface area contributed by atoms with Crippen molar-refractivity contribution in [2.24, 2.45) is 0 Å². The van der Waals surface area contributed by atoms with Crippen LogP contribution < -0.4 is 0 Å². The molecule has 2 heteroatoms. The number of hydrogen-bond acceptors (Lipinski definition) is 1. The standard InChI is InChI=1S/C7H8O.Bi.3H/c1-6-3-2-4-7(8)5-6;;;;/h2-5,8H,1H3;;;;. The molecule has 1 aromatic carbocycles. The van der Waals surface area contributed by atoms with E-state index >= 15 is 0 Å². The third kappa shape index (κ3) is 2.81. The van der Waals surface area contributed by atoms with Crippen LogP contribution in [0.25, 0.3) is 0 Å². The minimum absolute atomic E-state index is 0. The molecule has 0 aliphatic carbocycles. The second kappa shape index (κ2) is 3.84. The van der Waals surface area contributed by atoms with Crippen molar-refractivity contribution in [3.8, 4) is 5.75 Å². The quantitative estimate of drug-likeness (QED) is 0.691. The van der Waals surface area contributed by atoms with Crippen LogP contribution in [0, 0.1) is 6.92 Å². The summed E-state index contributed by atoms with van der Waals surface area (Å²) in [6, 6.07) is 7.15. The summed E-state index contributed by atoms with van der Waals surface area (Å²) >= 11 is 0. The van der Waals surface area contributed by atoms with E-state index in [1.807, 2.05) is 19.1 Å². The Morgan fingerprint density at radius 2 is 2.00 bits per heavy atom. The van der Waals surface area contributed by atoms with Crippen molar-refractivity contribution in [2.45, 2.75) is 6.92 Å². The third-order valence-electron chi connectivity index (χ3n) is 1.00. The maximum atomic E-state index is 8.81. The van der Waals surface area contributed by atoms with Gasteiger partial charge in [-0.3, -0.25) is 0 Å². The molecule has 50 valence electrons. The Hall–Kier alpha value is -0.0969. The summed E-state index contributed by atoms with van der Waals surface area (Å²) in [7, 11) is 0. The van der Waals surface area contributed by atoms with E-state index in [1.165, 1.54) is 0 Å². The Kier molecular flexibility index (Phi) is 3.80. The van der Waals surface area contributed by atoms with Crippen molar-refractivity contribution in [2.75, 3.05) is 0 Å². The summed E-state index contributed by atoms with van der Waals surface area (Å²) in [4.78, 5) is 0. The van der Waals surface area contributed by atoms with Gasteiger partial charge in [0.15, 0.2) is 0 Å². The van der Waals surface area contributed by atoms with Crippen LogP contribution in [0.4, 0.5) is 0 Å². The average Bonchev–Trinajstić information content (AvgIpc) is 1.64. The van der Waals surface area contributed by atoms with Crippen molar-refractivity contribution in [3.63, 3.8) is 0 Å². The molecular weight excluding hydrogens is 309 g/mol. The number of aryl methyl sites for hydroxylation is 1. The molecule has 9 heavy (non-hydrogen) atoms. The van der Waals surface area contributed by atoms with Gasteiger partial charge in [0.2, 0.25) is 0 Å². The van der Waals surface area contributed by atoms with Crippen LogP contribution in [0.5, 0.6) is 5.75 Å². The molecule has 0 aromatic heterocycles. The topological polar surface area (TPSA) is 20.2 Å². The van der Waals surface area contributed by atoms with Crippen molar-refractivity contribution >= 4 is 26.2 Å². The molecule has 0 amide bonds. The second-order valence-electron chi connectivity index (χ2n) is 1.84. The molecule has 0 bridgehead atoms. The van der Waals surface area contributed by atoms with Crippen LogP contribution in [-0.4, -0.2) is 31.3 Å². The zero-order valence-electron chi connectivity index (χ0n) is 5.46. The van der Waals surface area contributed by atoms with Gasteiger partial charge in [-0.25, -0.2) is 0 Å². The SMILES string of the molecule is Cc1cccc(O)c1.[BiH3]. The van der Waals surface area contributed by atoms with E-state index in [-0.39, 0.29) is 26.2 Å². The molecule has 0 radical (unpaired) electrons. The van der Waals surface area contributed by atoms with Crippen LogP contribution in [0.3, 0.4) is 0 Å².